The van der Waals surface area contributed by atoms with Crippen molar-refractivity contribution >= 4 is 0 Å². The molecule has 0 atom stereocenters. The molecule has 3 N–H and O–H groups in total. The molecule has 0 saturated carbocycles. The molecule has 6 aromatic carbocycles. The van der Waals surface area contributed by atoms with E-state index in [2.05, 4.69) is 197 Å². The third kappa shape index (κ3) is 15.1. The van der Waals surface area contributed by atoms with Crippen LogP contribution in [0.4, 0.5) is 0 Å². The number of aromatic nitrogens is 6. The maximum Gasteiger partial charge on any atom is 0.146 e. The van der Waals surface area contributed by atoms with Gasteiger partial charge in [0.15, 0.2) is 0 Å². The zero-order valence-electron chi connectivity index (χ0n) is 59.5. The fraction of sp³-hybridized carbons (Fsp3) is 0.444. The van der Waals surface area contributed by atoms with Gasteiger partial charge < -0.3 is 43.2 Å². The Bertz CT molecular complexity index is 3670. The summed E-state index contributed by atoms with van der Waals surface area (Å²) < 4.78 is 27.5. The van der Waals surface area contributed by atoms with Gasteiger partial charge in [-0.25, -0.2) is 15.0 Å². The highest BCUT2D eigenvalue weighted by molar-refractivity contribution is 5.61. The van der Waals surface area contributed by atoms with Crippen molar-refractivity contribution in [3.63, 3.8) is 0 Å². The maximum atomic E-state index is 13.3. The first-order chi connectivity index (χ1) is 43.3. The summed E-state index contributed by atoms with van der Waals surface area (Å²) in [4.78, 5) is 14.2. The van der Waals surface area contributed by atoms with Crippen molar-refractivity contribution in [3.8, 4) is 34.5 Å². The van der Waals surface area contributed by atoms with E-state index < -0.39 is 0 Å². The lowest BCUT2D eigenvalue weighted by Crippen LogP contribution is -2.17. The van der Waals surface area contributed by atoms with E-state index in [1.165, 1.54) is 0 Å². The number of rotatable bonds is 9. The van der Waals surface area contributed by atoms with Crippen molar-refractivity contribution in [3.05, 3.63) is 228 Å². The van der Waals surface area contributed by atoms with E-state index in [4.69, 9.17) is 29.2 Å². The summed E-state index contributed by atoms with van der Waals surface area (Å²) >= 11 is 0. The number of aromatic hydroxyl groups is 3. The molecule has 12 nitrogen and oxygen atoms in total. The van der Waals surface area contributed by atoms with Crippen LogP contribution in [0.1, 0.15) is 242 Å². The van der Waals surface area contributed by atoms with Crippen molar-refractivity contribution in [2.24, 2.45) is 21.1 Å². The summed E-state index contributed by atoms with van der Waals surface area (Å²) in [5.74, 6) is 4.96. The molecule has 1 aliphatic rings. The third-order valence-electron chi connectivity index (χ3n) is 18.8. The molecule has 12 heteroatoms. The molecule has 0 aliphatic heterocycles. The maximum absolute atomic E-state index is 13.3. The average Bonchev–Trinajstić information content (AvgIpc) is 1.24. The first kappa shape index (κ1) is 67.6. The number of nitrogens with zero attached hydrogens (tertiary/aromatic N) is 6. The van der Waals surface area contributed by atoms with Crippen LogP contribution >= 0.6 is 0 Å². The van der Waals surface area contributed by atoms with Crippen LogP contribution < -0.4 is 14.2 Å². The van der Waals surface area contributed by atoms with Crippen LogP contribution in [-0.4, -0.2) is 44.0 Å². The number of imidazole rings is 3. The summed E-state index contributed by atoms with van der Waals surface area (Å²) in [6.45, 7) is 40.7. The van der Waals surface area contributed by atoms with Crippen molar-refractivity contribution in [1.29, 1.82) is 0 Å². The quantitative estimate of drug-likeness (QED) is 0.129. The molecule has 492 valence electrons. The topological polar surface area (TPSA) is 142 Å². The lowest BCUT2D eigenvalue weighted by atomic mass is 9.79. The highest BCUT2D eigenvalue weighted by Crippen LogP contribution is 2.46. The van der Waals surface area contributed by atoms with E-state index in [0.29, 0.717) is 55.8 Å². The second-order valence-electron chi connectivity index (χ2n) is 32.6. The van der Waals surface area contributed by atoms with E-state index in [9.17, 15) is 15.3 Å². The second kappa shape index (κ2) is 25.2. The molecule has 1 aliphatic carbocycles. The highest BCUT2D eigenvalue weighted by Gasteiger charge is 2.31. The van der Waals surface area contributed by atoms with Crippen molar-refractivity contribution < 1.29 is 29.5 Å². The fourth-order valence-electron chi connectivity index (χ4n) is 12.5. The van der Waals surface area contributed by atoms with Crippen LogP contribution in [0.3, 0.4) is 0 Å². The molecule has 10 rings (SSSR count). The number of phenolic OH excluding ortho intramolecular Hbond substituents is 3. The van der Waals surface area contributed by atoms with Crippen molar-refractivity contribution in [2.75, 3.05) is 0 Å². The van der Waals surface area contributed by atoms with Crippen LogP contribution in [-0.2, 0) is 112 Å². The van der Waals surface area contributed by atoms with Crippen LogP contribution in [0.25, 0.3) is 0 Å². The van der Waals surface area contributed by atoms with Gasteiger partial charge in [0.05, 0.1) is 0 Å². The number of benzene rings is 6. The molecule has 12 bridgehead atoms. The molecule has 0 fully saturated rings. The van der Waals surface area contributed by atoms with Gasteiger partial charge in [0.1, 0.15) is 71.8 Å². The first-order valence-electron chi connectivity index (χ1n) is 33.1. The normalized spacial score (nSPS) is 13.6. The van der Waals surface area contributed by atoms with E-state index in [-0.39, 0.29) is 69.6 Å². The Hall–Kier alpha value is -8.25. The number of hydrogen-bond donors (Lipinski definition) is 3. The van der Waals surface area contributed by atoms with Crippen LogP contribution in [0.5, 0.6) is 34.5 Å². The van der Waals surface area contributed by atoms with Crippen molar-refractivity contribution in [1.82, 2.24) is 28.7 Å². The molecule has 0 spiro atoms. The van der Waals surface area contributed by atoms with Gasteiger partial charge in [0, 0.05) is 96.8 Å². The Morgan fingerprint density at radius 3 is 0.591 bits per heavy atom. The molecular weight excluding hydrogens is 1150 g/mol. The van der Waals surface area contributed by atoms with Crippen LogP contribution in [0.2, 0.25) is 0 Å². The second-order valence-corrected chi connectivity index (χ2v) is 32.6. The molecule has 3 heterocycles. The number of ether oxygens (including phenoxy) is 3. The molecule has 93 heavy (non-hydrogen) atoms. The molecular formula is C81H102N6O6. The van der Waals surface area contributed by atoms with E-state index >= 15 is 0 Å². The predicted octanol–water partition coefficient (Wildman–Crippen LogP) is 17.4. The van der Waals surface area contributed by atoms with E-state index in [1.54, 1.807) is 18.6 Å². The van der Waals surface area contributed by atoms with Crippen molar-refractivity contribution in [2.45, 2.75) is 215 Å². The summed E-state index contributed by atoms with van der Waals surface area (Å²) in [7, 11) is 5.93. The van der Waals surface area contributed by atoms with Crippen LogP contribution in [0, 0.1) is 0 Å². The predicted molar refractivity (Wildman–Crippen MR) is 375 cm³/mol. The molecule has 3 aromatic heterocycles. The van der Waals surface area contributed by atoms with Crippen LogP contribution in [0.15, 0.2) is 110 Å². The zero-order valence-corrected chi connectivity index (χ0v) is 59.5. The van der Waals surface area contributed by atoms with Gasteiger partial charge in [0.2, 0.25) is 0 Å². The summed E-state index contributed by atoms with van der Waals surface area (Å²) in [5, 5.41) is 39.8. The monoisotopic (exact) mass is 1250 g/mol. The largest absolute Gasteiger partial charge is 0.507 e. The Morgan fingerprint density at radius 1 is 0.290 bits per heavy atom. The van der Waals surface area contributed by atoms with Gasteiger partial charge in [-0.1, -0.05) is 197 Å². The minimum absolute atomic E-state index is 0.191. The number of phenols is 3. The molecule has 0 unspecified atom stereocenters. The molecule has 0 radical (unpaired) electrons. The molecule has 0 saturated heterocycles. The molecule has 0 amide bonds. The zero-order chi connectivity index (χ0) is 67.7. The Morgan fingerprint density at radius 2 is 0.452 bits per heavy atom. The fourth-order valence-corrected chi connectivity index (χ4v) is 12.5. The summed E-state index contributed by atoms with van der Waals surface area (Å²) in [5.41, 5.74) is 14.7. The van der Waals surface area contributed by atoms with Gasteiger partial charge in [0.25, 0.3) is 0 Å². The minimum atomic E-state index is -0.313. The summed E-state index contributed by atoms with van der Waals surface area (Å²) in [6, 6.07) is 26.6. The standard InChI is InChI=1S/C81H102N6O6/c1-76(2,3)61-34-49-28-55-40-64(79(10,11)12)42-57(73(55)91-46-67-82-22-25-85(67)19)30-51-36-62(77(4,5)6)38-53(71(51)89)32-59-44-66(81(16,17)18)45-60(75(59)93-48-69-84-24-27-87(69)21)33-54-39-63(78(7,8)9)37-52(72(54)90)31-58-43-65(80(13,14)15)41-56(29-50(35-61)70(49)88)74(58)92-47-68-83-23-26-86(68)20/h22-27,34-45,88-90H,28-33,46-48H2,1-21H3. The Kier molecular flexibility index (Phi) is 18.4. The van der Waals surface area contributed by atoms with Gasteiger partial charge in [-0.15, -0.1) is 0 Å². The highest BCUT2D eigenvalue weighted by atomic mass is 16.5. The first-order valence-corrected chi connectivity index (χ1v) is 33.1. The van der Waals surface area contributed by atoms with Gasteiger partial charge in [-0.05, 0) is 133 Å². The van der Waals surface area contributed by atoms with E-state index in [1.807, 2.05) is 53.4 Å². The van der Waals surface area contributed by atoms with E-state index in [0.717, 1.165) is 118 Å². The minimum Gasteiger partial charge on any atom is -0.507 e. The third-order valence-corrected chi connectivity index (χ3v) is 18.8. The van der Waals surface area contributed by atoms with Gasteiger partial charge in [-0.2, -0.15) is 0 Å². The number of hydrogen-bond acceptors (Lipinski definition) is 9. The van der Waals surface area contributed by atoms with Gasteiger partial charge >= 0.3 is 0 Å². The average molecular weight is 1260 g/mol. The Labute approximate surface area is 554 Å². The lowest BCUT2D eigenvalue weighted by Gasteiger charge is -2.28. The molecule has 9 aromatic rings. The lowest BCUT2D eigenvalue weighted by molar-refractivity contribution is 0.286. The smallest absolute Gasteiger partial charge is 0.146 e. The number of fused-ring (bicyclic) bond motifs is 12. The SMILES string of the molecule is Cn1ccnc1COc1c2cc(C(C)(C)C)cc1Cc1cc(C(C)(C)C)cc(c1O)Cc1cc(C(C)(C)C)cc(c1OCc1nccn1C)Cc1cc(C(C)(C)C)cc(c1O)Cc1cc(C(C)(C)C)cc(c1OCc1nccn1C)Cc1cc(C(C)(C)C)cc(c1O)C2. The number of aryl methyl sites for hydroxylation is 3. The Balaban J connectivity index is 1.32. The van der Waals surface area contributed by atoms with Gasteiger partial charge in [-0.3, -0.25) is 0 Å². The summed E-state index contributed by atoms with van der Waals surface area (Å²) in [6.07, 6.45) is 13.2.